The van der Waals surface area contributed by atoms with Crippen molar-refractivity contribution in [2.75, 3.05) is 0 Å². The first-order chi connectivity index (χ1) is 9.95. The fourth-order valence-corrected chi connectivity index (χ4v) is 2.83. The van der Waals surface area contributed by atoms with Crippen molar-refractivity contribution in [3.8, 4) is 11.4 Å². The number of halogens is 3. The number of imidazole rings is 1. The normalized spacial score (nSPS) is 11.0. The van der Waals surface area contributed by atoms with E-state index < -0.39 is 5.97 Å². The molecule has 0 amide bonds. The fraction of sp³-hybridized carbons (Fsp3) is 0. The summed E-state index contributed by atoms with van der Waals surface area (Å²) < 4.78 is 0.611. The monoisotopic (exact) mass is 384 g/mol. The van der Waals surface area contributed by atoms with Gasteiger partial charge in [-0.1, -0.05) is 23.2 Å². The Morgan fingerprint density at radius 3 is 2.62 bits per heavy atom. The molecule has 1 heterocycles. The summed E-state index contributed by atoms with van der Waals surface area (Å²) in [6.07, 6.45) is 0. The molecule has 0 bridgehead atoms. The number of H-pyrrole nitrogens is 1. The van der Waals surface area contributed by atoms with Gasteiger partial charge in [0.25, 0.3) is 0 Å². The minimum Gasteiger partial charge on any atom is -0.478 e. The van der Waals surface area contributed by atoms with Crippen molar-refractivity contribution in [1.29, 1.82) is 0 Å². The Kier molecular flexibility index (Phi) is 3.65. The summed E-state index contributed by atoms with van der Waals surface area (Å²) in [7, 11) is 0. The Morgan fingerprint density at radius 1 is 1.19 bits per heavy atom. The molecule has 106 valence electrons. The number of hydrogen-bond acceptors (Lipinski definition) is 2. The van der Waals surface area contributed by atoms with E-state index in [9.17, 15) is 4.79 Å². The smallest absolute Gasteiger partial charge is 0.335 e. The number of rotatable bonds is 2. The molecule has 0 unspecified atom stereocenters. The largest absolute Gasteiger partial charge is 0.478 e. The minimum atomic E-state index is -0.997. The van der Waals surface area contributed by atoms with Gasteiger partial charge in [-0.15, -0.1) is 0 Å². The maximum Gasteiger partial charge on any atom is 0.335 e. The van der Waals surface area contributed by atoms with E-state index in [2.05, 4.69) is 25.9 Å². The predicted molar refractivity (Wildman–Crippen MR) is 86.2 cm³/mol. The van der Waals surface area contributed by atoms with Crippen molar-refractivity contribution in [2.24, 2.45) is 0 Å². The van der Waals surface area contributed by atoms with Crippen LogP contribution in [-0.2, 0) is 0 Å². The van der Waals surface area contributed by atoms with Crippen LogP contribution in [0.5, 0.6) is 0 Å². The molecule has 4 nitrogen and oxygen atoms in total. The Labute approximate surface area is 137 Å². The first kappa shape index (κ1) is 14.4. The standard InChI is InChI=1S/C14H7BrCl2N2O2/c15-8-3-7(14(20)21)5-11-12(8)19-13(18-11)6-1-2-9(16)10(17)4-6/h1-5H,(H,18,19)(H,20,21). The number of aromatic nitrogens is 2. The summed E-state index contributed by atoms with van der Waals surface area (Å²) in [5.74, 6) is -0.407. The molecule has 3 rings (SSSR count). The number of carboxylic acids is 1. The lowest BCUT2D eigenvalue weighted by Crippen LogP contribution is -1.95. The van der Waals surface area contributed by atoms with Crippen LogP contribution in [0.25, 0.3) is 22.4 Å². The van der Waals surface area contributed by atoms with Crippen molar-refractivity contribution in [3.63, 3.8) is 0 Å². The van der Waals surface area contributed by atoms with Gasteiger partial charge in [-0.25, -0.2) is 9.78 Å². The third-order valence-electron chi connectivity index (χ3n) is 2.98. The first-order valence-corrected chi connectivity index (χ1v) is 7.38. The molecule has 0 aliphatic rings. The maximum absolute atomic E-state index is 11.1. The molecule has 0 saturated heterocycles. The van der Waals surface area contributed by atoms with E-state index in [0.29, 0.717) is 31.4 Å². The Morgan fingerprint density at radius 2 is 1.95 bits per heavy atom. The van der Waals surface area contributed by atoms with Crippen LogP contribution in [0, 0.1) is 0 Å². The number of benzene rings is 2. The number of nitrogens with zero attached hydrogens (tertiary/aromatic N) is 1. The van der Waals surface area contributed by atoms with Crippen LogP contribution in [0.1, 0.15) is 10.4 Å². The van der Waals surface area contributed by atoms with Gasteiger partial charge >= 0.3 is 5.97 Å². The van der Waals surface area contributed by atoms with E-state index in [1.54, 1.807) is 18.2 Å². The maximum atomic E-state index is 11.1. The molecule has 0 fully saturated rings. The number of nitrogens with one attached hydrogen (secondary N) is 1. The highest BCUT2D eigenvalue weighted by Crippen LogP contribution is 2.30. The van der Waals surface area contributed by atoms with E-state index in [-0.39, 0.29) is 5.56 Å². The van der Waals surface area contributed by atoms with E-state index >= 15 is 0 Å². The van der Waals surface area contributed by atoms with Crippen LogP contribution >= 0.6 is 39.1 Å². The number of carbonyl (C=O) groups is 1. The van der Waals surface area contributed by atoms with Crippen molar-refractivity contribution in [1.82, 2.24) is 9.97 Å². The number of aromatic amines is 1. The molecule has 0 spiro atoms. The Bertz CT molecular complexity index is 877. The summed E-state index contributed by atoms with van der Waals surface area (Å²) in [6, 6.07) is 8.23. The predicted octanol–water partition coefficient (Wildman–Crippen LogP) is 5.00. The van der Waals surface area contributed by atoms with Crippen LogP contribution in [-0.4, -0.2) is 21.0 Å². The fourth-order valence-electron chi connectivity index (χ4n) is 1.98. The zero-order valence-electron chi connectivity index (χ0n) is 10.3. The van der Waals surface area contributed by atoms with Gasteiger partial charge in [0.15, 0.2) is 0 Å². The van der Waals surface area contributed by atoms with Gasteiger partial charge in [-0.3, -0.25) is 0 Å². The summed E-state index contributed by atoms with van der Waals surface area (Å²) >= 11 is 15.2. The zero-order chi connectivity index (χ0) is 15.1. The number of aromatic carboxylic acids is 1. The second-order valence-corrected chi connectivity index (χ2v) is 6.04. The van der Waals surface area contributed by atoms with Gasteiger partial charge in [0, 0.05) is 10.0 Å². The van der Waals surface area contributed by atoms with Crippen molar-refractivity contribution in [3.05, 3.63) is 50.4 Å². The highest BCUT2D eigenvalue weighted by Gasteiger charge is 2.13. The second-order valence-electron chi connectivity index (χ2n) is 4.37. The van der Waals surface area contributed by atoms with E-state index in [1.165, 1.54) is 12.1 Å². The quantitative estimate of drug-likeness (QED) is 0.652. The average molecular weight is 386 g/mol. The molecule has 2 N–H and O–H groups in total. The summed E-state index contributed by atoms with van der Waals surface area (Å²) in [4.78, 5) is 18.6. The van der Waals surface area contributed by atoms with Gasteiger partial charge in [-0.2, -0.15) is 0 Å². The van der Waals surface area contributed by atoms with Crippen molar-refractivity contribution in [2.45, 2.75) is 0 Å². The third-order valence-corrected chi connectivity index (χ3v) is 4.32. The molecular weight excluding hydrogens is 379 g/mol. The first-order valence-electron chi connectivity index (χ1n) is 5.83. The van der Waals surface area contributed by atoms with Crippen molar-refractivity contribution < 1.29 is 9.90 Å². The Balaban J connectivity index is 2.18. The summed E-state index contributed by atoms with van der Waals surface area (Å²) in [6.45, 7) is 0. The van der Waals surface area contributed by atoms with Gasteiger partial charge < -0.3 is 10.1 Å². The highest BCUT2D eigenvalue weighted by atomic mass is 79.9. The van der Waals surface area contributed by atoms with Gasteiger partial charge in [-0.05, 0) is 46.3 Å². The lowest BCUT2D eigenvalue weighted by atomic mass is 10.2. The van der Waals surface area contributed by atoms with Gasteiger partial charge in [0.05, 0.1) is 21.1 Å². The third kappa shape index (κ3) is 2.64. The van der Waals surface area contributed by atoms with Gasteiger partial charge in [0.1, 0.15) is 11.3 Å². The SMILES string of the molecule is O=C(O)c1cc(Br)c2nc(-c3ccc(Cl)c(Cl)c3)[nH]c2c1. The van der Waals surface area contributed by atoms with Crippen LogP contribution < -0.4 is 0 Å². The molecule has 21 heavy (non-hydrogen) atoms. The second kappa shape index (κ2) is 5.33. The molecule has 3 aromatic rings. The summed E-state index contributed by atoms with van der Waals surface area (Å²) in [5, 5.41) is 9.97. The molecule has 2 aromatic carbocycles. The molecule has 0 radical (unpaired) electrons. The molecule has 1 aromatic heterocycles. The molecule has 0 saturated carbocycles. The summed E-state index contributed by atoms with van der Waals surface area (Å²) in [5.41, 5.74) is 2.23. The molecule has 0 aliphatic heterocycles. The van der Waals surface area contributed by atoms with Gasteiger partial charge in [0.2, 0.25) is 0 Å². The number of fused-ring (bicyclic) bond motifs is 1. The van der Waals surface area contributed by atoms with E-state index in [1.807, 2.05) is 0 Å². The number of carboxylic acid groups (broad SMARTS) is 1. The highest BCUT2D eigenvalue weighted by molar-refractivity contribution is 9.10. The van der Waals surface area contributed by atoms with Crippen LogP contribution in [0.4, 0.5) is 0 Å². The van der Waals surface area contributed by atoms with Crippen molar-refractivity contribution >= 4 is 56.1 Å². The van der Waals surface area contributed by atoms with Crippen LogP contribution in [0.3, 0.4) is 0 Å². The minimum absolute atomic E-state index is 0.179. The van der Waals surface area contributed by atoms with E-state index in [4.69, 9.17) is 28.3 Å². The van der Waals surface area contributed by atoms with Crippen LogP contribution in [0.15, 0.2) is 34.8 Å². The lowest BCUT2D eigenvalue weighted by Gasteiger charge is -1.99. The molecular formula is C14H7BrCl2N2O2. The molecule has 0 aliphatic carbocycles. The Hall–Kier alpha value is -1.56. The molecule has 7 heteroatoms. The van der Waals surface area contributed by atoms with Crippen LogP contribution in [0.2, 0.25) is 10.0 Å². The number of hydrogen-bond donors (Lipinski definition) is 2. The topological polar surface area (TPSA) is 66.0 Å². The lowest BCUT2D eigenvalue weighted by molar-refractivity contribution is 0.0697. The average Bonchev–Trinajstić information content (AvgIpc) is 2.86. The van der Waals surface area contributed by atoms with E-state index in [0.717, 1.165) is 5.56 Å². The zero-order valence-corrected chi connectivity index (χ0v) is 13.4. The molecule has 0 atom stereocenters.